The summed E-state index contributed by atoms with van der Waals surface area (Å²) in [7, 11) is 2.21. The molecule has 2 N–H and O–H groups in total. The second-order valence-corrected chi connectivity index (χ2v) is 6.60. The molecular weight excluding hydrogens is 288 g/mol. The van der Waals surface area contributed by atoms with Crippen LogP contribution >= 0.6 is 15.9 Å². The summed E-state index contributed by atoms with van der Waals surface area (Å²) >= 11 is 3.49. The minimum absolute atomic E-state index is 0.140. The molecule has 0 aliphatic heterocycles. The second-order valence-electron chi connectivity index (χ2n) is 5.69. The Kier molecular flexibility index (Phi) is 4.82. The first-order chi connectivity index (χ1) is 8.56. The van der Waals surface area contributed by atoms with Crippen molar-refractivity contribution in [3.8, 4) is 0 Å². The molecule has 0 bridgehead atoms. The Bertz CT molecular complexity index is 394. The molecular formula is C15H23BrN2. The molecule has 1 aliphatic carbocycles. The maximum Gasteiger partial charge on any atom is 0.0307 e. The summed E-state index contributed by atoms with van der Waals surface area (Å²) in [4.78, 5) is 2.42. The molecule has 1 aromatic carbocycles. The molecule has 0 saturated heterocycles. The van der Waals surface area contributed by atoms with E-state index >= 15 is 0 Å². The van der Waals surface area contributed by atoms with Gasteiger partial charge in [-0.1, -0.05) is 35.0 Å². The molecule has 1 aliphatic rings. The molecule has 100 valence electrons. The minimum Gasteiger partial charge on any atom is -0.324 e. The molecule has 0 radical (unpaired) electrons. The summed E-state index contributed by atoms with van der Waals surface area (Å²) in [5.41, 5.74) is 7.46. The molecule has 1 fully saturated rings. The van der Waals surface area contributed by atoms with Crippen LogP contribution in [0.15, 0.2) is 28.7 Å². The van der Waals surface area contributed by atoms with Crippen molar-refractivity contribution < 1.29 is 0 Å². The van der Waals surface area contributed by atoms with E-state index < -0.39 is 0 Å². The van der Waals surface area contributed by atoms with Crippen molar-refractivity contribution in [1.29, 1.82) is 0 Å². The standard InChI is InChI=1S/C15H23BrN2/c1-11-8-13(11)10-18(2)7-6-15(17)12-4-3-5-14(16)9-12/h3-5,9,11,13,15H,6-8,10,17H2,1-2H3. The first-order valence-corrected chi connectivity index (χ1v) is 7.55. The van der Waals surface area contributed by atoms with E-state index in [2.05, 4.69) is 53.0 Å². The Morgan fingerprint density at radius 2 is 2.22 bits per heavy atom. The van der Waals surface area contributed by atoms with Gasteiger partial charge >= 0.3 is 0 Å². The molecule has 2 rings (SSSR count). The minimum atomic E-state index is 0.140. The third-order valence-electron chi connectivity index (χ3n) is 3.92. The Balaban J connectivity index is 1.75. The van der Waals surface area contributed by atoms with E-state index in [0.717, 1.165) is 29.3 Å². The zero-order valence-corrected chi connectivity index (χ0v) is 12.9. The maximum absolute atomic E-state index is 6.24. The van der Waals surface area contributed by atoms with Crippen molar-refractivity contribution >= 4 is 15.9 Å². The first-order valence-electron chi connectivity index (χ1n) is 6.76. The van der Waals surface area contributed by atoms with E-state index in [1.54, 1.807) is 0 Å². The Morgan fingerprint density at radius 3 is 2.83 bits per heavy atom. The largest absolute Gasteiger partial charge is 0.324 e. The molecule has 2 nitrogen and oxygen atoms in total. The summed E-state index contributed by atoms with van der Waals surface area (Å²) < 4.78 is 1.11. The monoisotopic (exact) mass is 310 g/mol. The number of halogens is 1. The van der Waals surface area contributed by atoms with E-state index in [-0.39, 0.29) is 6.04 Å². The summed E-state index contributed by atoms with van der Waals surface area (Å²) in [5.74, 6) is 1.86. The highest BCUT2D eigenvalue weighted by atomic mass is 79.9. The number of rotatable bonds is 6. The first kappa shape index (κ1) is 14.0. The average Bonchev–Trinajstić information content (AvgIpc) is 3.01. The fourth-order valence-corrected chi connectivity index (χ4v) is 2.83. The lowest BCUT2D eigenvalue weighted by Crippen LogP contribution is -2.26. The van der Waals surface area contributed by atoms with Gasteiger partial charge in [0, 0.05) is 17.1 Å². The molecule has 18 heavy (non-hydrogen) atoms. The second kappa shape index (κ2) is 6.18. The molecule has 3 heteroatoms. The van der Waals surface area contributed by atoms with Crippen molar-refractivity contribution in [2.24, 2.45) is 17.6 Å². The van der Waals surface area contributed by atoms with Gasteiger partial charge in [0.2, 0.25) is 0 Å². The lowest BCUT2D eigenvalue weighted by molar-refractivity contribution is 0.301. The smallest absolute Gasteiger partial charge is 0.0307 e. The van der Waals surface area contributed by atoms with Gasteiger partial charge in [0.15, 0.2) is 0 Å². The van der Waals surface area contributed by atoms with Crippen LogP contribution in [0.2, 0.25) is 0 Å². The van der Waals surface area contributed by atoms with E-state index in [0.29, 0.717) is 0 Å². The van der Waals surface area contributed by atoms with Crippen LogP contribution in [0.3, 0.4) is 0 Å². The van der Waals surface area contributed by atoms with E-state index in [1.807, 2.05) is 6.07 Å². The highest BCUT2D eigenvalue weighted by molar-refractivity contribution is 9.10. The number of nitrogens with zero attached hydrogens (tertiary/aromatic N) is 1. The average molecular weight is 311 g/mol. The summed E-state index contributed by atoms with van der Waals surface area (Å²) in [6, 6.07) is 8.46. The van der Waals surface area contributed by atoms with Crippen molar-refractivity contribution in [3.05, 3.63) is 34.3 Å². The predicted molar refractivity (Wildman–Crippen MR) is 80.5 cm³/mol. The van der Waals surface area contributed by atoms with Gasteiger partial charge in [-0.3, -0.25) is 0 Å². The van der Waals surface area contributed by atoms with Gasteiger partial charge in [-0.05, 0) is 56.0 Å². The highest BCUT2D eigenvalue weighted by Crippen LogP contribution is 2.38. The van der Waals surface area contributed by atoms with Gasteiger partial charge in [-0.25, -0.2) is 0 Å². The lowest BCUT2D eigenvalue weighted by atomic mass is 10.0. The van der Waals surface area contributed by atoms with Crippen LogP contribution in [0.4, 0.5) is 0 Å². The molecule has 3 atom stereocenters. The maximum atomic E-state index is 6.24. The van der Waals surface area contributed by atoms with Gasteiger partial charge < -0.3 is 10.6 Å². The van der Waals surface area contributed by atoms with E-state index in [1.165, 1.54) is 18.5 Å². The summed E-state index contributed by atoms with van der Waals surface area (Å²) in [6.45, 7) is 4.65. The molecule has 3 unspecified atom stereocenters. The van der Waals surface area contributed by atoms with Crippen LogP contribution in [-0.4, -0.2) is 25.0 Å². The Hall–Kier alpha value is -0.380. The highest BCUT2D eigenvalue weighted by Gasteiger charge is 2.32. The quantitative estimate of drug-likeness (QED) is 0.872. The van der Waals surface area contributed by atoms with Crippen molar-refractivity contribution in [1.82, 2.24) is 4.90 Å². The van der Waals surface area contributed by atoms with Crippen LogP contribution in [0.5, 0.6) is 0 Å². The van der Waals surface area contributed by atoms with Crippen LogP contribution in [0.25, 0.3) is 0 Å². The number of hydrogen-bond donors (Lipinski definition) is 1. The Morgan fingerprint density at radius 1 is 1.50 bits per heavy atom. The Labute approximate surface area is 119 Å². The number of hydrogen-bond acceptors (Lipinski definition) is 2. The topological polar surface area (TPSA) is 29.3 Å². The lowest BCUT2D eigenvalue weighted by Gasteiger charge is -2.19. The molecule has 1 saturated carbocycles. The molecule has 1 aromatic rings. The van der Waals surface area contributed by atoms with Gasteiger partial charge in [-0.2, -0.15) is 0 Å². The van der Waals surface area contributed by atoms with Gasteiger partial charge in [0.1, 0.15) is 0 Å². The van der Waals surface area contributed by atoms with Gasteiger partial charge in [0.05, 0.1) is 0 Å². The summed E-state index contributed by atoms with van der Waals surface area (Å²) in [5, 5.41) is 0. The third kappa shape index (κ3) is 4.08. The van der Waals surface area contributed by atoms with Crippen molar-refractivity contribution in [3.63, 3.8) is 0 Å². The summed E-state index contributed by atoms with van der Waals surface area (Å²) in [6.07, 6.45) is 2.43. The SMILES string of the molecule is CC1CC1CN(C)CCC(N)c1cccc(Br)c1. The normalized spacial score (nSPS) is 24.3. The van der Waals surface area contributed by atoms with E-state index in [9.17, 15) is 0 Å². The molecule has 0 spiro atoms. The van der Waals surface area contributed by atoms with Crippen LogP contribution in [-0.2, 0) is 0 Å². The zero-order chi connectivity index (χ0) is 13.1. The number of benzene rings is 1. The molecule has 0 aromatic heterocycles. The van der Waals surface area contributed by atoms with Crippen LogP contribution in [0, 0.1) is 11.8 Å². The van der Waals surface area contributed by atoms with Crippen LogP contribution in [0.1, 0.15) is 31.4 Å². The molecule has 0 heterocycles. The fraction of sp³-hybridized carbons (Fsp3) is 0.600. The predicted octanol–water partition coefficient (Wildman–Crippen LogP) is 3.43. The zero-order valence-electron chi connectivity index (χ0n) is 11.3. The van der Waals surface area contributed by atoms with E-state index in [4.69, 9.17) is 5.73 Å². The van der Waals surface area contributed by atoms with Gasteiger partial charge in [-0.15, -0.1) is 0 Å². The van der Waals surface area contributed by atoms with Crippen LogP contribution < -0.4 is 5.73 Å². The van der Waals surface area contributed by atoms with Gasteiger partial charge in [0.25, 0.3) is 0 Å². The van der Waals surface area contributed by atoms with Crippen molar-refractivity contribution in [2.45, 2.75) is 25.8 Å². The van der Waals surface area contributed by atoms with Crippen molar-refractivity contribution in [2.75, 3.05) is 20.1 Å². The number of nitrogens with two attached hydrogens (primary N) is 1. The third-order valence-corrected chi connectivity index (χ3v) is 4.41. The molecule has 0 amide bonds. The fourth-order valence-electron chi connectivity index (χ4n) is 2.41.